The first kappa shape index (κ1) is 23.9. The smallest absolute Gasteiger partial charge is 0.321 e. The molecular formula is C27H27FN4O3. The lowest BCUT2D eigenvalue weighted by molar-refractivity contribution is -0.127. The molecule has 0 spiro atoms. The van der Waals surface area contributed by atoms with Gasteiger partial charge in [0.2, 0.25) is 5.91 Å². The molecule has 1 unspecified atom stereocenters. The molecule has 8 heteroatoms. The van der Waals surface area contributed by atoms with Gasteiger partial charge in [-0.3, -0.25) is 9.59 Å². The van der Waals surface area contributed by atoms with E-state index in [9.17, 15) is 18.8 Å². The molecule has 4 rings (SSSR count). The minimum atomic E-state index is -0.895. The van der Waals surface area contributed by atoms with Crippen LogP contribution in [0.25, 0.3) is 0 Å². The van der Waals surface area contributed by atoms with Crippen molar-refractivity contribution >= 4 is 23.5 Å². The molecule has 1 aliphatic rings. The number of halogens is 1. The monoisotopic (exact) mass is 474 g/mol. The van der Waals surface area contributed by atoms with Gasteiger partial charge >= 0.3 is 6.03 Å². The van der Waals surface area contributed by atoms with Crippen LogP contribution in [0.15, 0.2) is 78.9 Å². The molecule has 0 saturated carbocycles. The van der Waals surface area contributed by atoms with Gasteiger partial charge in [-0.15, -0.1) is 0 Å². The van der Waals surface area contributed by atoms with E-state index in [0.29, 0.717) is 12.2 Å². The summed E-state index contributed by atoms with van der Waals surface area (Å²) in [4.78, 5) is 42.3. The first-order valence-electron chi connectivity index (χ1n) is 11.4. The van der Waals surface area contributed by atoms with Crippen molar-refractivity contribution in [1.82, 2.24) is 15.1 Å². The summed E-state index contributed by atoms with van der Waals surface area (Å²) in [7, 11) is 0. The van der Waals surface area contributed by atoms with Crippen LogP contribution in [0.1, 0.15) is 21.5 Å². The van der Waals surface area contributed by atoms with Gasteiger partial charge in [-0.2, -0.15) is 0 Å². The number of hydrogen-bond donors (Lipinski definition) is 2. The quantitative estimate of drug-likeness (QED) is 0.590. The highest BCUT2D eigenvalue weighted by Gasteiger charge is 2.37. The Morgan fingerprint density at radius 1 is 0.914 bits per heavy atom. The average Bonchev–Trinajstić information content (AvgIpc) is 2.89. The molecule has 0 bridgehead atoms. The first-order chi connectivity index (χ1) is 16.9. The van der Waals surface area contributed by atoms with Gasteiger partial charge < -0.3 is 20.4 Å². The summed E-state index contributed by atoms with van der Waals surface area (Å²) in [5, 5.41) is 5.73. The number of carbonyl (C=O) groups is 3. The predicted molar refractivity (Wildman–Crippen MR) is 131 cm³/mol. The molecule has 1 heterocycles. The van der Waals surface area contributed by atoms with Crippen LogP contribution in [0.2, 0.25) is 0 Å². The van der Waals surface area contributed by atoms with E-state index in [1.807, 2.05) is 61.5 Å². The van der Waals surface area contributed by atoms with Crippen LogP contribution < -0.4 is 10.6 Å². The Hall–Kier alpha value is -4.20. The number of carbonyl (C=O) groups excluding carboxylic acids is 3. The van der Waals surface area contributed by atoms with Crippen LogP contribution in [-0.4, -0.2) is 53.3 Å². The van der Waals surface area contributed by atoms with Gasteiger partial charge in [0.1, 0.15) is 11.9 Å². The highest BCUT2D eigenvalue weighted by atomic mass is 19.1. The summed E-state index contributed by atoms with van der Waals surface area (Å²) in [6.45, 7) is 2.71. The summed E-state index contributed by atoms with van der Waals surface area (Å²) in [5.74, 6) is -1.20. The minimum absolute atomic E-state index is 0.0330. The van der Waals surface area contributed by atoms with E-state index in [1.54, 1.807) is 0 Å². The third-order valence-corrected chi connectivity index (χ3v) is 5.93. The third-order valence-electron chi connectivity index (χ3n) is 5.93. The molecule has 1 atom stereocenters. The first-order valence-corrected chi connectivity index (χ1v) is 11.4. The Morgan fingerprint density at radius 3 is 2.29 bits per heavy atom. The summed E-state index contributed by atoms with van der Waals surface area (Å²) in [5.41, 5.74) is 2.92. The lowest BCUT2D eigenvalue weighted by Gasteiger charge is -2.40. The van der Waals surface area contributed by atoms with Crippen molar-refractivity contribution in [2.45, 2.75) is 19.5 Å². The van der Waals surface area contributed by atoms with Crippen molar-refractivity contribution < 1.29 is 18.8 Å². The number of urea groups is 1. The van der Waals surface area contributed by atoms with E-state index in [1.165, 1.54) is 34.1 Å². The second-order valence-corrected chi connectivity index (χ2v) is 8.47. The molecule has 7 nitrogen and oxygen atoms in total. The number of piperazine rings is 1. The van der Waals surface area contributed by atoms with Gasteiger partial charge in [-0.1, -0.05) is 48.0 Å². The van der Waals surface area contributed by atoms with Crippen LogP contribution in [0.5, 0.6) is 0 Å². The molecule has 2 N–H and O–H groups in total. The van der Waals surface area contributed by atoms with Gasteiger partial charge in [-0.05, 0) is 48.9 Å². The maximum absolute atomic E-state index is 13.4. The lowest BCUT2D eigenvalue weighted by Crippen LogP contribution is -2.62. The number of hydrogen-bond acceptors (Lipinski definition) is 3. The molecule has 0 aromatic heterocycles. The zero-order valence-corrected chi connectivity index (χ0v) is 19.4. The Balaban J connectivity index is 1.50. The Labute approximate surface area is 203 Å². The van der Waals surface area contributed by atoms with E-state index < -0.39 is 11.9 Å². The zero-order valence-electron chi connectivity index (χ0n) is 19.4. The fraction of sp³-hybridized carbons (Fsp3) is 0.222. The predicted octanol–water partition coefficient (Wildman–Crippen LogP) is 3.81. The molecule has 4 amide bonds. The lowest BCUT2D eigenvalue weighted by atomic mass is 10.1. The van der Waals surface area contributed by atoms with Gasteiger partial charge in [0, 0.05) is 30.9 Å². The summed E-state index contributed by atoms with van der Waals surface area (Å²) < 4.78 is 13.4. The molecule has 0 radical (unpaired) electrons. The summed E-state index contributed by atoms with van der Waals surface area (Å²) in [6, 6.07) is 20.8. The van der Waals surface area contributed by atoms with Crippen LogP contribution in [0.4, 0.5) is 14.9 Å². The van der Waals surface area contributed by atoms with Gasteiger partial charge in [0.25, 0.3) is 5.91 Å². The second-order valence-electron chi connectivity index (χ2n) is 8.47. The molecule has 35 heavy (non-hydrogen) atoms. The molecule has 180 valence electrons. The number of anilines is 1. The molecule has 0 aliphatic carbocycles. The van der Waals surface area contributed by atoms with Crippen molar-refractivity contribution in [2.75, 3.05) is 25.0 Å². The fourth-order valence-corrected chi connectivity index (χ4v) is 3.94. The Bertz CT molecular complexity index is 1180. The van der Waals surface area contributed by atoms with E-state index in [2.05, 4.69) is 10.6 Å². The van der Waals surface area contributed by atoms with E-state index >= 15 is 0 Å². The highest BCUT2D eigenvalue weighted by Crippen LogP contribution is 2.17. The maximum atomic E-state index is 13.4. The van der Waals surface area contributed by atoms with Crippen LogP contribution in [-0.2, 0) is 11.3 Å². The number of nitrogens with one attached hydrogen (secondary N) is 2. The van der Waals surface area contributed by atoms with E-state index in [0.717, 1.165) is 11.1 Å². The second kappa shape index (κ2) is 10.8. The largest absolute Gasteiger partial charge is 0.350 e. The van der Waals surface area contributed by atoms with Crippen molar-refractivity contribution in [3.05, 3.63) is 101 Å². The summed E-state index contributed by atoms with van der Waals surface area (Å²) in [6.07, 6.45) is 0. The normalized spacial score (nSPS) is 15.4. The van der Waals surface area contributed by atoms with Crippen molar-refractivity contribution in [3.63, 3.8) is 0 Å². The third kappa shape index (κ3) is 6.03. The molecule has 3 aromatic carbocycles. The minimum Gasteiger partial charge on any atom is -0.350 e. The SMILES string of the molecule is Cc1ccc(NC(=O)N2CCN(C(=O)c3ccc(F)cc3)C(C(=O)NCc3ccccc3)C2)cc1. The van der Waals surface area contributed by atoms with Crippen molar-refractivity contribution in [1.29, 1.82) is 0 Å². The standard InChI is InChI=1S/C27H27FN4O3/c1-19-7-13-23(14-8-19)30-27(35)31-15-16-32(26(34)21-9-11-22(28)12-10-21)24(18-31)25(33)29-17-20-5-3-2-4-6-20/h2-14,24H,15-18H2,1H3,(H,29,33)(H,30,35). The molecule has 1 aliphatic heterocycles. The molecule has 1 saturated heterocycles. The Kier molecular flexibility index (Phi) is 7.40. The topological polar surface area (TPSA) is 81.8 Å². The maximum Gasteiger partial charge on any atom is 0.321 e. The zero-order chi connectivity index (χ0) is 24.8. The van der Waals surface area contributed by atoms with Crippen molar-refractivity contribution in [2.24, 2.45) is 0 Å². The fourth-order valence-electron chi connectivity index (χ4n) is 3.94. The van der Waals surface area contributed by atoms with Crippen LogP contribution in [0.3, 0.4) is 0 Å². The van der Waals surface area contributed by atoms with Gasteiger partial charge in [0.15, 0.2) is 0 Å². The summed E-state index contributed by atoms with van der Waals surface area (Å²) >= 11 is 0. The number of aryl methyl sites for hydroxylation is 1. The number of nitrogens with zero attached hydrogens (tertiary/aromatic N) is 2. The molecule has 3 aromatic rings. The average molecular weight is 475 g/mol. The van der Waals surface area contributed by atoms with Crippen LogP contribution in [0, 0.1) is 12.7 Å². The molecular weight excluding hydrogens is 447 g/mol. The van der Waals surface area contributed by atoms with Gasteiger partial charge in [0.05, 0.1) is 6.54 Å². The number of benzene rings is 3. The van der Waals surface area contributed by atoms with Gasteiger partial charge in [-0.25, -0.2) is 9.18 Å². The van der Waals surface area contributed by atoms with E-state index in [4.69, 9.17) is 0 Å². The van der Waals surface area contributed by atoms with E-state index in [-0.39, 0.29) is 43.0 Å². The Morgan fingerprint density at radius 2 is 1.60 bits per heavy atom. The van der Waals surface area contributed by atoms with Crippen LogP contribution >= 0.6 is 0 Å². The number of amides is 4. The number of rotatable bonds is 5. The highest BCUT2D eigenvalue weighted by molar-refractivity contribution is 5.98. The molecule has 1 fully saturated rings. The van der Waals surface area contributed by atoms with Crippen molar-refractivity contribution in [3.8, 4) is 0 Å².